The lowest BCUT2D eigenvalue weighted by atomic mass is 10.2. The van der Waals surface area contributed by atoms with Crippen LogP contribution >= 0.6 is 11.3 Å². The molecule has 0 saturated heterocycles. The zero-order valence-electron chi connectivity index (χ0n) is 12.7. The summed E-state index contributed by atoms with van der Waals surface area (Å²) in [6.45, 7) is 3.90. The molecular formula is C17H15N3O2S. The predicted octanol–water partition coefficient (Wildman–Crippen LogP) is 4.20. The highest BCUT2D eigenvalue weighted by Gasteiger charge is 2.11. The summed E-state index contributed by atoms with van der Waals surface area (Å²) in [5.41, 5.74) is 1.43. The number of hydrogen-bond donors (Lipinski definition) is 1. The summed E-state index contributed by atoms with van der Waals surface area (Å²) in [6.07, 6.45) is 1.65. The van der Waals surface area contributed by atoms with Crippen molar-refractivity contribution in [2.24, 2.45) is 0 Å². The quantitative estimate of drug-likeness (QED) is 0.781. The number of carbonyl (C=O) groups excluding carboxylic acids is 1. The minimum Gasteiger partial charge on any atom is -0.439 e. The number of hydrogen-bond acceptors (Lipinski definition) is 5. The van der Waals surface area contributed by atoms with Crippen LogP contribution in [0.3, 0.4) is 0 Å². The van der Waals surface area contributed by atoms with Crippen LogP contribution < -0.4 is 10.1 Å². The summed E-state index contributed by atoms with van der Waals surface area (Å²) in [7, 11) is 0. The van der Waals surface area contributed by atoms with E-state index < -0.39 is 0 Å². The standard InChI is InChI=1S/C17H15N3O2S/c1-11-12(2)23-17(19-11)20-16(21)13-6-5-7-14(10-13)22-15-8-3-4-9-18-15/h3-10H,1-2H3,(H,19,20,21). The molecule has 1 amide bonds. The molecule has 0 aliphatic rings. The zero-order chi connectivity index (χ0) is 16.2. The van der Waals surface area contributed by atoms with Gasteiger partial charge in [0.2, 0.25) is 5.88 Å². The van der Waals surface area contributed by atoms with E-state index in [-0.39, 0.29) is 5.91 Å². The van der Waals surface area contributed by atoms with Crippen LogP contribution in [0.4, 0.5) is 5.13 Å². The Hall–Kier alpha value is -2.73. The maximum absolute atomic E-state index is 12.3. The van der Waals surface area contributed by atoms with Crippen molar-refractivity contribution < 1.29 is 9.53 Å². The SMILES string of the molecule is Cc1nc(NC(=O)c2cccc(Oc3ccccn3)c2)sc1C. The summed E-state index contributed by atoms with van der Waals surface area (Å²) in [4.78, 5) is 21.8. The molecule has 0 aliphatic carbocycles. The molecule has 5 nitrogen and oxygen atoms in total. The van der Waals surface area contributed by atoms with Crippen LogP contribution in [-0.2, 0) is 0 Å². The average molecular weight is 325 g/mol. The molecule has 116 valence electrons. The van der Waals surface area contributed by atoms with Gasteiger partial charge in [0.15, 0.2) is 5.13 Å². The number of benzene rings is 1. The summed E-state index contributed by atoms with van der Waals surface area (Å²) in [5, 5.41) is 3.41. The Kier molecular flexibility index (Phi) is 4.34. The first-order chi connectivity index (χ1) is 11.1. The van der Waals surface area contributed by atoms with Gasteiger partial charge in [0.25, 0.3) is 5.91 Å². The molecular weight excluding hydrogens is 310 g/mol. The van der Waals surface area contributed by atoms with Crippen LogP contribution in [0.15, 0.2) is 48.7 Å². The molecule has 0 radical (unpaired) electrons. The maximum atomic E-state index is 12.3. The van der Waals surface area contributed by atoms with Crippen molar-refractivity contribution in [3.8, 4) is 11.6 Å². The molecule has 0 fully saturated rings. The van der Waals surface area contributed by atoms with Crippen molar-refractivity contribution in [1.82, 2.24) is 9.97 Å². The lowest BCUT2D eigenvalue weighted by Gasteiger charge is -2.06. The van der Waals surface area contributed by atoms with E-state index in [2.05, 4.69) is 15.3 Å². The van der Waals surface area contributed by atoms with Gasteiger partial charge in [0.05, 0.1) is 5.69 Å². The third kappa shape index (κ3) is 3.73. The van der Waals surface area contributed by atoms with Gasteiger partial charge in [-0.05, 0) is 38.1 Å². The first-order valence-corrected chi connectivity index (χ1v) is 7.88. The molecule has 0 unspecified atom stereocenters. The van der Waals surface area contributed by atoms with E-state index >= 15 is 0 Å². The molecule has 0 saturated carbocycles. The Balaban J connectivity index is 1.75. The van der Waals surface area contributed by atoms with Gasteiger partial charge in [0.1, 0.15) is 5.75 Å². The highest BCUT2D eigenvalue weighted by Crippen LogP contribution is 2.23. The van der Waals surface area contributed by atoms with E-state index in [9.17, 15) is 4.79 Å². The Morgan fingerprint density at radius 2 is 2.04 bits per heavy atom. The molecule has 23 heavy (non-hydrogen) atoms. The number of carbonyl (C=O) groups is 1. The zero-order valence-corrected chi connectivity index (χ0v) is 13.6. The van der Waals surface area contributed by atoms with Gasteiger partial charge >= 0.3 is 0 Å². The normalized spacial score (nSPS) is 10.3. The fourth-order valence-electron chi connectivity index (χ4n) is 1.92. The molecule has 3 aromatic rings. The van der Waals surface area contributed by atoms with Gasteiger partial charge in [-0.2, -0.15) is 0 Å². The molecule has 2 heterocycles. The second-order valence-electron chi connectivity index (χ2n) is 4.91. The third-order valence-electron chi connectivity index (χ3n) is 3.21. The molecule has 0 bridgehead atoms. The summed E-state index contributed by atoms with van der Waals surface area (Å²) in [6, 6.07) is 12.4. The Labute approximate surface area is 138 Å². The number of nitrogens with one attached hydrogen (secondary N) is 1. The first-order valence-electron chi connectivity index (χ1n) is 7.06. The number of amides is 1. The second-order valence-corrected chi connectivity index (χ2v) is 6.12. The van der Waals surface area contributed by atoms with Crippen molar-refractivity contribution in [1.29, 1.82) is 0 Å². The Morgan fingerprint density at radius 3 is 2.74 bits per heavy atom. The van der Waals surface area contributed by atoms with Crippen molar-refractivity contribution in [2.45, 2.75) is 13.8 Å². The maximum Gasteiger partial charge on any atom is 0.257 e. The lowest BCUT2D eigenvalue weighted by Crippen LogP contribution is -2.11. The summed E-state index contributed by atoms with van der Waals surface area (Å²) >= 11 is 1.46. The fourth-order valence-corrected chi connectivity index (χ4v) is 2.73. The fraction of sp³-hybridized carbons (Fsp3) is 0.118. The number of nitrogens with zero attached hydrogens (tertiary/aromatic N) is 2. The van der Waals surface area contributed by atoms with E-state index in [0.29, 0.717) is 22.3 Å². The van der Waals surface area contributed by atoms with Crippen LogP contribution in [0.2, 0.25) is 0 Å². The molecule has 6 heteroatoms. The largest absolute Gasteiger partial charge is 0.439 e. The second kappa shape index (κ2) is 6.58. The molecule has 3 rings (SSSR count). The monoisotopic (exact) mass is 325 g/mol. The number of rotatable bonds is 4. The molecule has 0 aliphatic heterocycles. The van der Waals surface area contributed by atoms with Crippen molar-refractivity contribution >= 4 is 22.4 Å². The number of pyridine rings is 1. The van der Waals surface area contributed by atoms with Crippen LogP contribution in [0.25, 0.3) is 0 Å². The van der Waals surface area contributed by atoms with Crippen molar-refractivity contribution in [3.63, 3.8) is 0 Å². The molecule has 1 aromatic carbocycles. The van der Waals surface area contributed by atoms with Crippen LogP contribution in [0.1, 0.15) is 20.9 Å². The van der Waals surface area contributed by atoms with Gasteiger partial charge in [-0.25, -0.2) is 9.97 Å². The van der Waals surface area contributed by atoms with E-state index in [1.165, 1.54) is 11.3 Å². The number of aromatic nitrogens is 2. The highest BCUT2D eigenvalue weighted by atomic mass is 32.1. The Bertz CT molecular complexity index is 811. The van der Waals surface area contributed by atoms with Crippen LogP contribution in [-0.4, -0.2) is 15.9 Å². The summed E-state index contributed by atoms with van der Waals surface area (Å²) in [5.74, 6) is 0.823. The molecule has 0 atom stereocenters. The average Bonchev–Trinajstić information content (AvgIpc) is 2.86. The molecule has 1 N–H and O–H groups in total. The minimum atomic E-state index is -0.217. The molecule has 0 spiro atoms. The van der Waals surface area contributed by atoms with Crippen LogP contribution in [0, 0.1) is 13.8 Å². The minimum absolute atomic E-state index is 0.217. The van der Waals surface area contributed by atoms with Gasteiger partial charge in [-0.15, -0.1) is 11.3 Å². The van der Waals surface area contributed by atoms with Gasteiger partial charge in [-0.3, -0.25) is 10.1 Å². The highest BCUT2D eigenvalue weighted by molar-refractivity contribution is 7.15. The van der Waals surface area contributed by atoms with Gasteiger partial charge < -0.3 is 4.74 Å². The van der Waals surface area contributed by atoms with E-state index in [1.807, 2.05) is 26.0 Å². The number of anilines is 1. The molecule has 2 aromatic heterocycles. The van der Waals surface area contributed by atoms with E-state index in [1.54, 1.807) is 36.5 Å². The predicted molar refractivity (Wildman–Crippen MR) is 90.3 cm³/mol. The Morgan fingerprint density at radius 1 is 1.17 bits per heavy atom. The van der Waals surface area contributed by atoms with E-state index in [4.69, 9.17) is 4.74 Å². The number of ether oxygens (including phenoxy) is 1. The summed E-state index contributed by atoms with van der Waals surface area (Å²) < 4.78 is 5.64. The van der Waals surface area contributed by atoms with Crippen molar-refractivity contribution in [2.75, 3.05) is 5.32 Å². The number of aryl methyl sites for hydroxylation is 2. The third-order valence-corrected chi connectivity index (χ3v) is 4.19. The lowest BCUT2D eigenvalue weighted by molar-refractivity contribution is 0.102. The van der Waals surface area contributed by atoms with E-state index in [0.717, 1.165) is 10.6 Å². The van der Waals surface area contributed by atoms with Crippen LogP contribution in [0.5, 0.6) is 11.6 Å². The number of thiazole rings is 1. The van der Waals surface area contributed by atoms with Gasteiger partial charge in [0, 0.05) is 22.7 Å². The van der Waals surface area contributed by atoms with Gasteiger partial charge in [-0.1, -0.05) is 12.1 Å². The smallest absolute Gasteiger partial charge is 0.257 e. The topological polar surface area (TPSA) is 64.1 Å². The van der Waals surface area contributed by atoms with Crippen molar-refractivity contribution in [3.05, 3.63) is 64.8 Å². The first kappa shape index (κ1) is 15.2.